The van der Waals surface area contributed by atoms with E-state index < -0.39 is 0 Å². The second-order valence-corrected chi connectivity index (χ2v) is 9.95. The summed E-state index contributed by atoms with van der Waals surface area (Å²) in [6.07, 6.45) is 6.18. The minimum Gasteiger partial charge on any atom is -0.379 e. The Morgan fingerprint density at radius 2 is 1.86 bits per heavy atom. The summed E-state index contributed by atoms with van der Waals surface area (Å²) < 4.78 is 7.33. The normalized spacial score (nSPS) is 28.9. The summed E-state index contributed by atoms with van der Waals surface area (Å²) in [5, 5.41) is 0. The highest BCUT2D eigenvalue weighted by molar-refractivity contribution is 5.83. The summed E-state index contributed by atoms with van der Waals surface area (Å²) in [6, 6.07) is 4.22. The van der Waals surface area contributed by atoms with Gasteiger partial charge in [0.1, 0.15) is 0 Å². The Balaban J connectivity index is 1.35. The molecule has 4 aliphatic rings. The van der Waals surface area contributed by atoms with Crippen LogP contribution in [-0.2, 0) is 22.6 Å². The molecule has 0 unspecified atom stereocenters. The van der Waals surface area contributed by atoms with Gasteiger partial charge in [0.25, 0.3) is 5.56 Å². The van der Waals surface area contributed by atoms with Crippen molar-refractivity contribution in [1.82, 2.24) is 14.4 Å². The van der Waals surface area contributed by atoms with Crippen LogP contribution in [0.25, 0.3) is 0 Å². The van der Waals surface area contributed by atoms with Gasteiger partial charge in [-0.1, -0.05) is 18.9 Å². The third-order valence-corrected chi connectivity index (χ3v) is 7.42. The van der Waals surface area contributed by atoms with E-state index in [0.29, 0.717) is 19.1 Å². The first-order valence-corrected chi connectivity index (χ1v) is 11.4. The number of piperidine rings is 1. The van der Waals surface area contributed by atoms with Crippen LogP contribution < -0.4 is 5.56 Å². The number of hydrogen-bond donors (Lipinski definition) is 0. The molecule has 1 aromatic rings. The fourth-order valence-corrected chi connectivity index (χ4v) is 5.73. The van der Waals surface area contributed by atoms with E-state index in [-0.39, 0.29) is 22.8 Å². The Morgan fingerprint density at radius 3 is 2.55 bits per heavy atom. The van der Waals surface area contributed by atoms with Gasteiger partial charge in [-0.25, -0.2) is 0 Å². The summed E-state index contributed by atoms with van der Waals surface area (Å²) in [5.74, 6) is 0.879. The van der Waals surface area contributed by atoms with Gasteiger partial charge in [-0.15, -0.1) is 0 Å². The molecule has 0 aromatic carbocycles. The number of ether oxygens (including phenoxy) is 1. The number of carbonyl (C=O) groups excluding carboxylic acids is 1. The minimum absolute atomic E-state index is 0.195. The Morgan fingerprint density at radius 1 is 1.10 bits per heavy atom. The maximum atomic E-state index is 13.3. The number of likely N-dealkylation sites (tertiary alicyclic amines) is 2. The SMILES string of the molecule is CC1(C(=O)N2C[C@@H]3C[C@H](C2)c2ccc(CN4CCCCCC4)c(=O)n2C3)COC1. The molecule has 6 heteroatoms. The highest BCUT2D eigenvalue weighted by Gasteiger charge is 2.46. The highest BCUT2D eigenvalue weighted by Crippen LogP contribution is 2.38. The molecule has 3 saturated heterocycles. The van der Waals surface area contributed by atoms with E-state index in [1.54, 1.807) is 0 Å². The first kappa shape index (κ1) is 19.3. The highest BCUT2D eigenvalue weighted by atomic mass is 16.5. The van der Waals surface area contributed by atoms with Crippen LogP contribution in [0.5, 0.6) is 0 Å². The second kappa shape index (κ2) is 7.55. The lowest BCUT2D eigenvalue weighted by Gasteiger charge is -2.47. The van der Waals surface area contributed by atoms with Gasteiger partial charge in [0.05, 0.1) is 18.6 Å². The van der Waals surface area contributed by atoms with Gasteiger partial charge < -0.3 is 14.2 Å². The zero-order chi connectivity index (χ0) is 20.0. The molecular weight excluding hydrogens is 366 g/mol. The number of aromatic nitrogens is 1. The fourth-order valence-electron chi connectivity index (χ4n) is 5.73. The van der Waals surface area contributed by atoms with E-state index in [1.807, 2.05) is 16.4 Å². The first-order valence-electron chi connectivity index (χ1n) is 11.4. The Bertz CT molecular complexity index is 836. The lowest BCUT2D eigenvalue weighted by Crippen LogP contribution is -2.57. The van der Waals surface area contributed by atoms with Crippen LogP contribution in [0.2, 0.25) is 0 Å². The number of nitrogens with zero attached hydrogens (tertiary/aromatic N) is 3. The summed E-state index contributed by atoms with van der Waals surface area (Å²) in [7, 11) is 0. The molecule has 158 valence electrons. The molecule has 1 aromatic heterocycles. The van der Waals surface area contributed by atoms with Gasteiger partial charge in [0, 0.05) is 43.4 Å². The summed E-state index contributed by atoms with van der Waals surface area (Å²) in [5.41, 5.74) is 1.91. The molecule has 4 aliphatic heterocycles. The molecule has 5 heterocycles. The Kier molecular flexibility index (Phi) is 5.03. The maximum absolute atomic E-state index is 13.3. The Labute approximate surface area is 172 Å². The average Bonchev–Trinajstić information content (AvgIpc) is 2.96. The monoisotopic (exact) mass is 399 g/mol. The molecule has 5 rings (SSSR count). The van der Waals surface area contributed by atoms with Crippen LogP contribution in [0.3, 0.4) is 0 Å². The number of pyridine rings is 1. The lowest BCUT2D eigenvalue weighted by molar-refractivity contribution is -0.171. The predicted octanol–water partition coefficient (Wildman–Crippen LogP) is 2.21. The van der Waals surface area contributed by atoms with Crippen molar-refractivity contribution < 1.29 is 9.53 Å². The molecule has 6 nitrogen and oxygen atoms in total. The largest absolute Gasteiger partial charge is 0.379 e. The summed E-state index contributed by atoms with van der Waals surface area (Å²) in [6.45, 7) is 8.31. The van der Waals surface area contributed by atoms with Crippen LogP contribution >= 0.6 is 0 Å². The molecule has 29 heavy (non-hydrogen) atoms. The van der Waals surface area contributed by atoms with Crippen LogP contribution in [0.15, 0.2) is 16.9 Å². The molecule has 0 saturated carbocycles. The molecule has 0 aliphatic carbocycles. The molecule has 1 amide bonds. The number of amides is 1. The van der Waals surface area contributed by atoms with Gasteiger partial charge in [-0.05, 0) is 51.3 Å². The zero-order valence-electron chi connectivity index (χ0n) is 17.6. The van der Waals surface area contributed by atoms with Crippen LogP contribution in [0.1, 0.15) is 56.2 Å². The third-order valence-electron chi connectivity index (χ3n) is 7.42. The second-order valence-electron chi connectivity index (χ2n) is 9.95. The quantitative estimate of drug-likeness (QED) is 0.782. The van der Waals surface area contributed by atoms with Crippen molar-refractivity contribution in [2.24, 2.45) is 11.3 Å². The van der Waals surface area contributed by atoms with Crippen molar-refractivity contribution in [1.29, 1.82) is 0 Å². The van der Waals surface area contributed by atoms with Gasteiger partial charge >= 0.3 is 0 Å². The van der Waals surface area contributed by atoms with Gasteiger partial charge in [-0.2, -0.15) is 0 Å². The zero-order valence-corrected chi connectivity index (χ0v) is 17.6. The standard InChI is InChI=1S/C23H33N3O3/c1-23(15-29-16-23)22(28)25-11-17-10-19(14-25)20-7-6-18(21(27)26(20)12-17)13-24-8-4-2-3-5-9-24/h6-7,17,19H,2-5,8-16H2,1H3/t17-,19+/m0/s1. The van der Waals surface area contributed by atoms with Crippen molar-refractivity contribution in [3.05, 3.63) is 33.7 Å². The Hall–Kier alpha value is -1.66. The number of rotatable bonds is 3. The number of hydrogen-bond acceptors (Lipinski definition) is 4. The van der Waals surface area contributed by atoms with E-state index >= 15 is 0 Å². The average molecular weight is 400 g/mol. The van der Waals surface area contributed by atoms with Crippen LogP contribution in [0.4, 0.5) is 0 Å². The smallest absolute Gasteiger partial charge is 0.255 e. The topological polar surface area (TPSA) is 54.8 Å². The third kappa shape index (κ3) is 3.55. The van der Waals surface area contributed by atoms with E-state index in [2.05, 4.69) is 17.0 Å². The van der Waals surface area contributed by atoms with Gasteiger partial charge in [0.15, 0.2) is 0 Å². The first-order chi connectivity index (χ1) is 14.0. The van der Waals surface area contributed by atoms with E-state index in [9.17, 15) is 9.59 Å². The van der Waals surface area contributed by atoms with Gasteiger partial charge in [-0.3, -0.25) is 14.5 Å². The molecule has 2 atom stereocenters. The number of fused-ring (bicyclic) bond motifs is 4. The fraction of sp³-hybridized carbons (Fsp3) is 0.739. The molecule has 0 N–H and O–H groups in total. The minimum atomic E-state index is -0.345. The molecular formula is C23H33N3O3. The van der Waals surface area contributed by atoms with Crippen LogP contribution in [-0.4, -0.2) is 59.7 Å². The van der Waals surface area contributed by atoms with Crippen LogP contribution in [0, 0.1) is 11.3 Å². The van der Waals surface area contributed by atoms with Crippen molar-refractivity contribution in [3.8, 4) is 0 Å². The maximum Gasteiger partial charge on any atom is 0.255 e. The summed E-state index contributed by atoms with van der Waals surface area (Å²) in [4.78, 5) is 30.8. The van der Waals surface area contributed by atoms with Gasteiger partial charge in [0.2, 0.25) is 5.91 Å². The molecule has 0 radical (unpaired) electrons. The van der Waals surface area contributed by atoms with E-state index in [4.69, 9.17) is 4.74 Å². The lowest BCUT2D eigenvalue weighted by atomic mass is 9.80. The van der Waals surface area contributed by atoms with Crippen molar-refractivity contribution >= 4 is 5.91 Å². The summed E-state index contributed by atoms with van der Waals surface area (Å²) >= 11 is 0. The number of carbonyl (C=O) groups is 1. The van der Waals surface area contributed by atoms with E-state index in [1.165, 1.54) is 25.7 Å². The van der Waals surface area contributed by atoms with E-state index in [0.717, 1.165) is 56.9 Å². The van der Waals surface area contributed by atoms with Crippen molar-refractivity contribution in [2.45, 2.75) is 58.0 Å². The molecule has 3 fully saturated rings. The molecule has 0 spiro atoms. The predicted molar refractivity (Wildman–Crippen MR) is 111 cm³/mol. The van der Waals surface area contributed by atoms with Crippen molar-refractivity contribution in [2.75, 3.05) is 39.4 Å². The molecule has 2 bridgehead atoms. The van der Waals surface area contributed by atoms with Crippen molar-refractivity contribution in [3.63, 3.8) is 0 Å².